The molecular weight excluding hydrogens is 250 g/mol. The predicted octanol–water partition coefficient (Wildman–Crippen LogP) is 2.66. The van der Waals surface area contributed by atoms with Gasteiger partial charge in [-0.25, -0.2) is 5.53 Å². The lowest BCUT2D eigenvalue weighted by Crippen LogP contribution is -2.48. The monoisotopic (exact) mass is 281 g/mol. The minimum atomic E-state index is 0.399. The summed E-state index contributed by atoms with van der Waals surface area (Å²) in [6.45, 7) is 14.5. The summed E-state index contributed by atoms with van der Waals surface area (Å²) >= 11 is 0. The van der Waals surface area contributed by atoms with Gasteiger partial charge in [0, 0.05) is 44.5 Å². The lowest BCUT2D eigenvalue weighted by molar-refractivity contribution is 0.108. The van der Waals surface area contributed by atoms with Crippen LogP contribution >= 0.6 is 0 Å². The topological polar surface area (TPSA) is 54.7 Å². The third-order valence-corrected chi connectivity index (χ3v) is 3.77. The number of nitrogens with one attached hydrogen (secondary N) is 2. The average molecular weight is 281 g/mol. The molecule has 116 valence electrons. The predicted molar refractivity (Wildman–Crippen MR) is 83.9 cm³/mol. The Morgan fingerprint density at radius 2 is 1.85 bits per heavy atom. The molecule has 2 N–H and O–H groups in total. The summed E-state index contributed by atoms with van der Waals surface area (Å²) in [6.07, 6.45) is 3.84. The van der Waals surface area contributed by atoms with E-state index < -0.39 is 0 Å². The van der Waals surface area contributed by atoms with Crippen LogP contribution in [0.1, 0.15) is 40.5 Å². The third kappa shape index (κ3) is 6.48. The van der Waals surface area contributed by atoms with Crippen LogP contribution in [0.2, 0.25) is 0 Å². The molecule has 1 rings (SSSR count). The Morgan fingerprint density at radius 1 is 1.20 bits per heavy atom. The van der Waals surface area contributed by atoms with Gasteiger partial charge in [-0.05, 0) is 47.1 Å². The fourth-order valence-corrected chi connectivity index (χ4v) is 2.41. The molecule has 0 saturated carbocycles. The molecule has 0 unspecified atom stereocenters. The first-order valence-corrected chi connectivity index (χ1v) is 7.82. The van der Waals surface area contributed by atoms with Gasteiger partial charge in [0.2, 0.25) is 0 Å². The summed E-state index contributed by atoms with van der Waals surface area (Å²) in [4.78, 5) is 5.06. The van der Waals surface area contributed by atoms with Crippen molar-refractivity contribution in [3.8, 4) is 0 Å². The van der Waals surface area contributed by atoms with E-state index in [-0.39, 0.29) is 0 Å². The molecule has 1 fully saturated rings. The smallest absolute Gasteiger partial charge is 0.0780 e. The van der Waals surface area contributed by atoms with E-state index in [0.29, 0.717) is 12.1 Å². The van der Waals surface area contributed by atoms with E-state index in [9.17, 15) is 0 Å². The van der Waals surface area contributed by atoms with E-state index in [4.69, 9.17) is 5.53 Å². The summed E-state index contributed by atoms with van der Waals surface area (Å²) in [5.41, 5.74) is 8.04. The van der Waals surface area contributed by atoms with E-state index in [0.717, 1.165) is 25.1 Å². The van der Waals surface area contributed by atoms with Gasteiger partial charge in [-0.15, -0.1) is 0 Å². The van der Waals surface area contributed by atoms with Crippen LogP contribution in [0.3, 0.4) is 0 Å². The van der Waals surface area contributed by atoms with E-state index in [1.54, 1.807) is 0 Å². The highest BCUT2D eigenvalue weighted by atomic mass is 15.3. The Labute approximate surface area is 123 Å². The molecule has 0 aromatic heterocycles. The molecular formula is C15H31N5. The summed E-state index contributed by atoms with van der Waals surface area (Å²) in [5, 5.41) is 6.81. The number of hydrogen-bond donors (Lipinski definition) is 2. The molecule has 1 heterocycles. The van der Waals surface area contributed by atoms with Gasteiger partial charge in [-0.3, -0.25) is 4.90 Å². The van der Waals surface area contributed by atoms with Gasteiger partial charge in [0.05, 0.1) is 5.70 Å². The van der Waals surface area contributed by atoms with E-state index >= 15 is 0 Å². The minimum Gasteiger partial charge on any atom is -0.387 e. The number of nitrogens with zero attached hydrogens (tertiary/aromatic N) is 3. The normalized spacial score (nSPS) is 18.8. The second kappa shape index (κ2) is 9.08. The quantitative estimate of drug-likeness (QED) is 0.673. The van der Waals surface area contributed by atoms with Crippen LogP contribution in [-0.2, 0) is 0 Å². The molecule has 0 radical (unpaired) electrons. The van der Waals surface area contributed by atoms with Crippen molar-refractivity contribution in [2.75, 3.05) is 32.7 Å². The Bertz CT molecular complexity index is 303. The van der Waals surface area contributed by atoms with Gasteiger partial charge in [0.25, 0.3) is 0 Å². The highest BCUT2D eigenvalue weighted by Crippen LogP contribution is 2.10. The van der Waals surface area contributed by atoms with Gasteiger partial charge < -0.3 is 10.2 Å². The van der Waals surface area contributed by atoms with Crippen molar-refractivity contribution in [1.82, 2.24) is 15.1 Å². The summed E-state index contributed by atoms with van der Waals surface area (Å²) in [7, 11) is 0. The Balaban J connectivity index is 2.21. The molecule has 0 atom stereocenters. The van der Waals surface area contributed by atoms with E-state index in [1.807, 2.05) is 6.20 Å². The molecule has 5 heteroatoms. The van der Waals surface area contributed by atoms with Gasteiger partial charge in [-0.1, -0.05) is 0 Å². The molecule has 5 nitrogen and oxygen atoms in total. The van der Waals surface area contributed by atoms with Crippen LogP contribution in [-0.4, -0.2) is 54.6 Å². The Kier molecular flexibility index (Phi) is 7.77. The number of allylic oxidation sites excluding steroid dienone is 1. The van der Waals surface area contributed by atoms with Crippen LogP contribution in [0.25, 0.3) is 0 Å². The lowest BCUT2D eigenvalue weighted by atomic mass is 10.2. The summed E-state index contributed by atoms with van der Waals surface area (Å²) in [5.74, 6) is 0. The molecule has 1 saturated heterocycles. The molecule has 0 aromatic rings. The van der Waals surface area contributed by atoms with E-state index in [2.05, 4.69) is 47.9 Å². The summed E-state index contributed by atoms with van der Waals surface area (Å²) in [6, 6.07) is 1.06. The zero-order valence-electron chi connectivity index (χ0n) is 13.5. The van der Waals surface area contributed by atoms with Crippen LogP contribution in [0, 0.1) is 5.53 Å². The molecule has 0 spiro atoms. The maximum atomic E-state index is 7.20. The van der Waals surface area contributed by atoms with Gasteiger partial charge in [0.1, 0.15) is 0 Å². The van der Waals surface area contributed by atoms with Gasteiger partial charge in [-0.2, -0.15) is 5.11 Å². The Morgan fingerprint density at radius 3 is 2.35 bits per heavy atom. The van der Waals surface area contributed by atoms with Crippen molar-refractivity contribution in [2.45, 2.75) is 52.6 Å². The molecule has 1 aliphatic heterocycles. The van der Waals surface area contributed by atoms with Crippen molar-refractivity contribution in [1.29, 1.82) is 5.53 Å². The summed E-state index contributed by atoms with van der Waals surface area (Å²) < 4.78 is 0. The highest BCUT2D eigenvalue weighted by molar-refractivity contribution is 4.97. The third-order valence-electron chi connectivity index (χ3n) is 3.77. The number of piperazine rings is 1. The molecule has 0 bridgehead atoms. The van der Waals surface area contributed by atoms with Crippen LogP contribution in [0.5, 0.6) is 0 Å². The van der Waals surface area contributed by atoms with E-state index in [1.165, 1.54) is 26.2 Å². The molecule has 1 aliphatic rings. The first-order valence-electron chi connectivity index (χ1n) is 7.82. The minimum absolute atomic E-state index is 0.399. The molecule has 20 heavy (non-hydrogen) atoms. The molecule has 0 aliphatic carbocycles. The van der Waals surface area contributed by atoms with Crippen molar-refractivity contribution in [2.24, 2.45) is 5.11 Å². The standard InChI is InChI=1S/C15H31N5/c1-13(2)17-12-15(18-16)6-5-7-19-8-10-20(11-9-19)14(3)4/h12-14,16-17H,5-11H2,1-4H3/b15-12-,18-16?. The van der Waals surface area contributed by atoms with Crippen molar-refractivity contribution in [3.05, 3.63) is 11.9 Å². The van der Waals surface area contributed by atoms with Gasteiger partial charge in [0.15, 0.2) is 0 Å². The second-order valence-corrected chi connectivity index (χ2v) is 6.14. The van der Waals surface area contributed by atoms with Crippen LogP contribution < -0.4 is 5.32 Å². The molecule has 0 amide bonds. The first kappa shape index (κ1) is 17.1. The van der Waals surface area contributed by atoms with Crippen LogP contribution in [0.15, 0.2) is 17.0 Å². The fraction of sp³-hybridized carbons (Fsp3) is 0.867. The second-order valence-electron chi connectivity index (χ2n) is 6.14. The van der Waals surface area contributed by atoms with Crippen molar-refractivity contribution < 1.29 is 0 Å². The van der Waals surface area contributed by atoms with Gasteiger partial charge >= 0.3 is 0 Å². The SMILES string of the molecule is CC(C)N/C=C(/CCCN1CCN(C(C)C)CC1)N=N. The number of hydrogen-bond acceptors (Lipinski definition) is 5. The average Bonchev–Trinajstić information content (AvgIpc) is 2.42. The largest absolute Gasteiger partial charge is 0.387 e. The fourth-order valence-electron chi connectivity index (χ4n) is 2.41. The molecule has 0 aromatic carbocycles. The maximum absolute atomic E-state index is 7.20. The highest BCUT2D eigenvalue weighted by Gasteiger charge is 2.18. The van der Waals surface area contributed by atoms with Crippen molar-refractivity contribution >= 4 is 0 Å². The zero-order chi connectivity index (χ0) is 15.0. The van der Waals surface area contributed by atoms with Crippen molar-refractivity contribution in [3.63, 3.8) is 0 Å². The zero-order valence-corrected chi connectivity index (χ0v) is 13.5. The number of rotatable bonds is 8. The van der Waals surface area contributed by atoms with Crippen LogP contribution in [0.4, 0.5) is 0 Å². The maximum Gasteiger partial charge on any atom is 0.0780 e. The lowest BCUT2D eigenvalue weighted by Gasteiger charge is -2.36. The Hall–Kier alpha value is -0.940. The first-order chi connectivity index (χ1) is 9.52.